The number of H-pyrrole nitrogens is 1. The molecule has 2 aliphatic carbocycles. The van der Waals surface area contributed by atoms with E-state index in [9.17, 15) is 0 Å². The van der Waals surface area contributed by atoms with Crippen molar-refractivity contribution in [2.24, 2.45) is 5.41 Å². The van der Waals surface area contributed by atoms with Gasteiger partial charge in [0.15, 0.2) is 5.82 Å². The Morgan fingerprint density at radius 1 is 1.21 bits per heavy atom. The molecule has 0 amide bonds. The zero-order valence-corrected chi connectivity index (χ0v) is 16.7. The fourth-order valence-corrected chi connectivity index (χ4v) is 5.13. The van der Waals surface area contributed by atoms with Crippen LogP contribution in [0.15, 0.2) is 30.7 Å². The standard InChI is InChI=1S/C21H26N8/c1-14-22-8-9-28(14)12-21-6-4-16(11-21)29(13-21)20-23-7-5-18(25-20)24-19-10-17(26-27-19)15-2-3-15/h5,7-10,15-16H,2-4,6,11-13H2,1H3,(H2,23,24,25,26,27). The normalized spacial score (nSPS) is 25.7. The molecule has 1 saturated heterocycles. The van der Waals surface area contributed by atoms with Gasteiger partial charge in [-0.1, -0.05) is 0 Å². The summed E-state index contributed by atoms with van der Waals surface area (Å²) in [6.45, 7) is 4.12. The average molecular weight is 390 g/mol. The largest absolute Gasteiger partial charge is 0.337 e. The zero-order chi connectivity index (χ0) is 19.4. The number of aromatic amines is 1. The second-order valence-corrected chi connectivity index (χ2v) is 8.98. The number of nitrogens with one attached hydrogen (secondary N) is 2. The van der Waals surface area contributed by atoms with E-state index in [4.69, 9.17) is 4.98 Å². The van der Waals surface area contributed by atoms with Gasteiger partial charge in [0, 0.05) is 60.8 Å². The van der Waals surface area contributed by atoms with Gasteiger partial charge < -0.3 is 14.8 Å². The molecule has 2 saturated carbocycles. The molecule has 3 aliphatic rings. The topological polar surface area (TPSA) is 87.5 Å². The number of hydrogen-bond donors (Lipinski definition) is 2. The maximum absolute atomic E-state index is 4.81. The van der Waals surface area contributed by atoms with E-state index in [0.29, 0.717) is 17.4 Å². The zero-order valence-electron chi connectivity index (χ0n) is 16.7. The lowest BCUT2D eigenvalue weighted by atomic mass is 9.87. The summed E-state index contributed by atoms with van der Waals surface area (Å²) in [5.41, 5.74) is 1.51. The highest BCUT2D eigenvalue weighted by Crippen LogP contribution is 2.49. The van der Waals surface area contributed by atoms with E-state index in [1.807, 2.05) is 18.5 Å². The predicted octanol–water partition coefficient (Wildman–Crippen LogP) is 3.38. The van der Waals surface area contributed by atoms with Crippen molar-refractivity contribution in [2.45, 2.75) is 57.5 Å². The van der Waals surface area contributed by atoms with Gasteiger partial charge in [-0.05, 0) is 45.1 Å². The van der Waals surface area contributed by atoms with Gasteiger partial charge in [0.1, 0.15) is 11.6 Å². The highest BCUT2D eigenvalue weighted by molar-refractivity contribution is 5.54. The van der Waals surface area contributed by atoms with E-state index in [1.165, 1.54) is 37.8 Å². The van der Waals surface area contributed by atoms with Gasteiger partial charge in [-0.3, -0.25) is 5.10 Å². The lowest BCUT2D eigenvalue weighted by Gasteiger charge is -2.33. The van der Waals surface area contributed by atoms with Gasteiger partial charge in [0.25, 0.3) is 0 Å². The lowest BCUT2D eigenvalue weighted by molar-refractivity contribution is 0.273. The summed E-state index contributed by atoms with van der Waals surface area (Å²) in [5.74, 6) is 4.20. The van der Waals surface area contributed by atoms with Crippen LogP contribution in [-0.4, -0.2) is 42.3 Å². The van der Waals surface area contributed by atoms with Crippen LogP contribution in [0.5, 0.6) is 0 Å². The Kier molecular flexibility index (Phi) is 3.69. The second kappa shape index (κ2) is 6.30. The summed E-state index contributed by atoms with van der Waals surface area (Å²) in [6, 6.07) is 4.54. The van der Waals surface area contributed by atoms with Gasteiger partial charge in [-0.2, -0.15) is 10.1 Å². The van der Waals surface area contributed by atoms with Crippen LogP contribution in [0.4, 0.5) is 17.6 Å². The quantitative estimate of drug-likeness (QED) is 0.671. The maximum atomic E-state index is 4.81. The summed E-state index contributed by atoms with van der Waals surface area (Å²) in [4.78, 5) is 16.2. The molecule has 2 N–H and O–H groups in total. The van der Waals surface area contributed by atoms with Crippen molar-refractivity contribution >= 4 is 17.6 Å². The smallest absolute Gasteiger partial charge is 0.227 e. The molecule has 0 spiro atoms. The van der Waals surface area contributed by atoms with Gasteiger partial charge in [0.2, 0.25) is 5.95 Å². The maximum Gasteiger partial charge on any atom is 0.227 e. The highest BCUT2D eigenvalue weighted by atomic mass is 15.3. The minimum absolute atomic E-state index is 0.296. The molecule has 0 aromatic carbocycles. The highest BCUT2D eigenvalue weighted by Gasteiger charge is 2.50. The van der Waals surface area contributed by atoms with Crippen LogP contribution >= 0.6 is 0 Å². The first-order valence-electron chi connectivity index (χ1n) is 10.6. The van der Waals surface area contributed by atoms with Gasteiger partial charge in [0.05, 0.1) is 0 Å². The lowest BCUT2D eigenvalue weighted by Crippen LogP contribution is -2.38. The van der Waals surface area contributed by atoms with Gasteiger partial charge in [-0.15, -0.1) is 0 Å². The van der Waals surface area contributed by atoms with E-state index in [2.05, 4.69) is 54.1 Å². The molecule has 2 bridgehead atoms. The summed E-state index contributed by atoms with van der Waals surface area (Å²) >= 11 is 0. The first kappa shape index (κ1) is 17.0. The number of aryl methyl sites for hydroxylation is 1. The summed E-state index contributed by atoms with van der Waals surface area (Å²) in [5, 5.41) is 10.9. The number of imidazole rings is 1. The molecule has 8 heteroatoms. The van der Waals surface area contributed by atoms with E-state index >= 15 is 0 Å². The molecule has 3 aromatic heterocycles. The number of piperidine rings is 1. The molecular weight excluding hydrogens is 364 g/mol. The number of rotatable bonds is 6. The van der Waals surface area contributed by atoms with Crippen LogP contribution in [0.3, 0.4) is 0 Å². The Labute approximate surface area is 169 Å². The molecule has 8 nitrogen and oxygen atoms in total. The third-order valence-electron chi connectivity index (χ3n) is 6.82. The second-order valence-electron chi connectivity index (χ2n) is 8.98. The molecule has 2 atom stereocenters. The molecule has 29 heavy (non-hydrogen) atoms. The first-order chi connectivity index (χ1) is 14.2. The van der Waals surface area contributed by atoms with Crippen LogP contribution < -0.4 is 10.2 Å². The molecule has 6 rings (SSSR count). The third kappa shape index (κ3) is 3.07. The van der Waals surface area contributed by atoms with Gasteiger partial charge >= 0.3 is 0 Å². The number of nitrogens with zero attached hydrogens (tertiary/aromatic N) is 6. The van der Waals surface area contributed by atoms with Crippen molar-refractivity contribution in [3.05, 3.63) is 42.2 Å². The Hall–Kier alpha value is -2.90. The van der Waals surface area contributed by atoms with Crippen LogP contribution in [0.25, 0.3) is 0 Å². The summed E-state index contributed by atoms with van der Waals surface area (Å²) in [7, 11) is 0. The minimum Gasteiger partial charge on any atom is -0.337 e. The van der Waals surface area contributed by atoms with E-state index in [0.717, 1.165) is 36.5 Å². The number of fused-ring (bicyclic) bond motifs is 2. The van der Waals surface area contributed by atoms with E-state index in [1.54, 1.807) is 0 Å². The monoisotopic (exact) mass is 390 g/mol. The summed E-state index contributed by atoms with van der Waals surface area (Å²) < 4.78 is 2.29. The fourth-order valence-electron chi connectivity index (χ4n) is 5.13. The van der Waals surface area contributed by atoms with Gasteiger partial charge in [-0.25, -0.2) is 9.97 Å². The summed E-state index contributed by atoms with van der Waals surface area (Å²) in [6.07, 6.45) is 12.0. The van der Waals surface area contributed by atoms with Crippen molar-refractivity contribution in [1.29, 1.82) is 0 Å². The third-order valence-corrected chi connectivity index (χ3v) is 6.82. The Morgan fingerprint density at radius 2 is 2.14 bits per heavy atom. The first-order valence-corrected chi connectivity index (χ1v) is 10.6. The molecule has 3 fully saturated rings. The van der Waals surface area contributed by atoms with Crippen molar-refractivity contribution in [3.8, 4) is 0 Å². The van der Waals surface area contributed by atoms with Crippen molar-refractivity contribution < 1.29 is 0 Å². The van der Waals surface area contributed by atoms with E-state index in [-0.39, 0.29) is 0 Å². The number of aromatic nitrogens is 6. The molecule has 1 aliphatic heterocycles. The van der Waals surface area contributed by atoms with E-state index < -0.39 is 0 Å². The number of anilines is 3. The molecule has 4 heterocycles. The van der Waals surface area contributed by atoms with Crippen molar-refractivity contribution in [2.75, 3.05) is 16.8 Å². The molecule has 0 radical (unpaired) electrons. The fraction of sp³-hybridized carbons (Fsp3) is 0.524. The molecule has 150 valence electrons. The Morgan fingerprint density at radius 3 is 2.97 bits per heavy atom. The molecule has 3 aromatic rings. The predicted molar refractivity (Wildman–Crippen MR) is 110 cm³/mol. The van der Waals surface area contributed by atoms with Crippen LogP contribution in [0, 0.1) is 12.3 Å². The minimum atomic E-state index is 0.296. The Bertz CT molecular complexity index is 1030. The number of hydrogen-bond acceptors (Lipinski definition) is 6. The van der Waals surface area contributed by atoms with Crippen LogP contribution in [0.2, 0.25) is 0 Å². The molecule has 2 unspecified atom stereocenters. The SMILES string of the molecule is Cc1nccn1CC12CCC(C1)N(c1nccc(Nc3cc(C4CC4)[nH]n3)n1)C2. The Balaban J connectivity index is 1.19. The van der Waals surface area contributed by atoms with Crippen molar-refractivity contribution in [3.63, 3.8) is 0 Å². The van der Waals surface area contributed by atoms with Crippen molar-refractivity contribution in [1.82, 2.24) is 29.7 Å². The van der Waals surface area contributed by atoms with Crippen LogP contribution in [0.1, 0.15) is 49.5 Å². The van der Waals surface area contributed by atoms with Crippen LogP contribution in [-0.2, 0) is 6.54 Å². The molecular formula is C21H26N8. The average Bonchev–Trinajstić information content (AvgIpc) is 3.05.